The van der Waals surface area contributed by atoms with Crippen LogP contribution in [-0.4, -0.2) is 132 Å². The molecule has 0 aromatic rings. The third-order valence-corrected chi connectivity index (χ3v) is 7.75. The lowest BCUT2D eigenvalue weighted by molar-refractivity contribution is -0.162. The van der Waals surface area contributed by atoms with Crippen LogP contribution in [0.3, 0.4) is 0 Å². The number of unbranched alkanes of at least 4 members (excludes halogenated alkanes) is 7. The monoisotopic (exact) mass is 771 g/mol. The summed E-state index contributed by atoms with van der Waals surface area (Å²) in [6, 6.07) is -0.603. The van der Waals surface area contributed by atoms with E-state index in [1.165, 1.54) is 32.1 Å². The Kier molecular flexibility index (Phi) is 23.4. The zero-order chi connectivity index (χ0) is 41.8. The Balaban J connectivity index is 6.12. The molecule has 0 aliphatic carbocycles. The normalized spacial score (nSPS) is 13.2. The molecule has 0 fully saturated rings. The lowest BCUT2D eigenvalue weighted by Crippen LogP contribution is -2.52. The molecule has 0 aliphatic heterocycles. The maximum atomic E-state index is 13.5. The van der Waals surface area contributed by atoms with Gasteiger partial charge in [0, 0.05) is 32.7 Å². The lowest BCUT2D eigenvalue weighted by Gasteiger charge is -2.33. The molecule has 0 saturated heterocycles. The molecule has 0 aromatic carbocycles. The molecular weight excluding hydrogens is 692 g/mol. The van der Waals surface area contributed by atoms with Crippen molar-refractivity contribution in [2.24, 2.45) is 0 Å². The standard InChI is InChI=1S/C41H78N4O9/c1-15-16-17-18-19-20-21-22-23-42-37(50)32(2)45(26-24-43(28-33(46)51-38(3,4)5)29-34(47)52-39(6,7)8)27-25-44(30-35(48)53-40(9,10)11)31-36(49)54-41(12,13)14/h32H,15-31H2,1-14H3,(H,42,50). The first kappa shape index (κ1) is 51.2. The van der Waals surface area contributed by atoms with Gasteiger partial charge in [0.05, 0.1) is 32.2 Å². The number of carbonyl (C=O) groups excluding carboxylic acids is 5. The molecule has 0 bridgehead atoms. The van der Waals surface area contributed by atoms with E-state index in [2.05, 4.69) is 12.2 Å². The SMILES string of the molecule is CCCCCCCCCCNC(=O)C(C)N(CCN(CC(=O)OC(C)(C)C)CC(=O)OC(C)(C)C)CCN(CC(=O)OC(C)(C)C)CC(=O)OC(C)(C)C. The smallest absolute Gasteiger partial charge is 0.320 e. The van der Waals surface area contributed by atoms with Gasteiger partial charge in [0.25, 0.3) is 0 Å². The van der Waals surface area contributed by atoms with E-state index < -0.39 is 52.3 Å². The van der Waals surface area contributed by atoms with Crippen molar-refractivity contribution in [1.29, 1.82) is 0 Å². The molecule has 1 amide bonds. The van der Waals surface area contributed by atoms with Gasteiger partial charge >= 0.3 is 23.9 Å². The molecule has 13 nitrogen and oxygen atoms in total. The fourth-order valence-electron chi connectivity index (χ4n) is 5.48. The van der Waals surface area contributed by atoms with E-state index >= 15 is 0 Å². The second-order valence-electron chi connectivity index (χ2n) is 18.2. The van der Waals surface area contributed by atoms with E-state index in [9.17, 15) is 24.0 Å². The van der Waals surface area contributed by atoms with Gasteiger partial charge in [0.2, 0.25) is 5.91 Å². The first-order chi connectivity index (χ1) is 24.7. The summed E-state index contributed by atoms with van der Waals surface area (Å²) in [6.45, 7) is 26.3. The summed E-state index contributed by atoms with van der Waals surface area (Å²) < 4.78 is 22.2. The number of ether oxygens (including phenoxy) is 4. The van der Waals surface area contributed by atoms with Crippen LogP contribution < -0.4 is 5.32 Å². The Hall–Kier alpha value is -2.77. The van der Waals surface area contributed by atoms with Crippen molar-refractivity contribution in [3.63, 3.8) is 0 Å². The van der Waals surface area contributed by atoms with E-state index in [-0.39, 0.29) is 58.3 Å². The molecular formula is C41H78N4O9. The zero-order valence-corrected chi connectivity index (χ0v) is 36.6. The van der Waals surface area contributed by atoms with E-state index in [4.69, 9.17) is 18.9 Å². The minimum atomic E-state index is -0.714. The lowest BCUT2D eigenvalue weighted by atomic mass is 10.1. The molecule has 0 aromatic heterocycles. The second-order valence-corrected chi connectivity index (χ2v) is 18.2. The third kappa shape index (κ3) is 29.6. The molecule has 0 radical (unpaired) electrons. The summed E-state index contributed by atoms with van der Waals surface area (Å²) in [5.74, 6) is -2.12. The number of amides is 1. The highest BCUT2D eigenvalue weighted by atomic mass is 16.6. The van der Waals surface area contributed by atoms with Crippen molar-refractivity contribution < 1.29 is 42.9 Å². The predicted octanol–water partition coefficient (Wildman–Crippen LogP) is 5.90. The van der Waals surface area contributed by atoms with Gasteiger partial charge in [0.15, 0.2) is 0 Å². The van der Waals surface area contributed by atoms with Crippen LogP contribution in [0.5, 0.6) is 0 Å². The quantitative estimate of drug-likeness (QED) is 0.0670. The Morgan fingerprint density at radius 3 is 1.07 bits per heavy atom. The third-order valence-electron chi connectivity index (χ3n) is 7.75. The minimum absolute atomic E-state index is 0.158. The topological polar surface area (TPSA) is 144 Å². The van der Waals surface area contributed by atoms with E-state index in [1.54, 1.807) is 99.8 Å². The van der Waals surface area contributed by atoms with Crippen LogP contribution in [-0.2, 0) is 42.9 Å². The fourth-order valence-corrected chi connectivity index (χ4v) is 5.48. The van der Waals surface area contributed by atoms with Crippen LogP contribution >= 0.6 is 0 Å². The van der Waals surface area contributed by atoms with Gasteiger partial charge in [-0.1, -0.05) is 51.9 Å². The summed E-state index contributed by atoms with van der Waals surface area (Å²) in [7, 11) is 0. The van der Waals surface area contributed by atoms with E-state index in [0.29, 0.717) is 6.54 Å². The average molecular weight is 771 g/mol. The van der Waals surface area contributed by atoms with Gasteiger partial charge in [-0.05, 0) is 96.4 Å². The van der Waals surface area contributed by atoms with Crippen molar-refractivity contribution >= 4 is 29.8 Å². The maximum absolute atomic E-state index is 13.5. The highest BCUT2D eigenvalue weighted by Gasteiger charge is 2.28. The fraction of sp³-hybridized carbons (Fsp3) is 0.878. The van der Waals surface area contributed by atoms with Gasteiger partial charge in [-0.3, -0.25) is 38.7 Å². The number of hydrogen-bond donors (Lipinski definition) is 1. The summed E-state index contributed by atoms with van der Waals surface area (Å²) in [6.07, 6.45) is 9.25. The molecule has 1 unspecified atom stereocenters. The highest BCUT2D eigenvalue weighted by Crippen LogP contribution is 2.13. The molecule has 0 heterocycles. The summed E-state index contributed by atoms with van der Waals surface area (Å²) >= 11 is 0. The predicted molar refractivity (Wildman–Crippen MR) is 213 cm³/mol. The minimum Gasteiger partial charge on any atom is -0.459 e. The van der Waals surface area contributed by atoms with E-state index in [0.717, 1.165) is 19.3 Å². The van der Waals surface area contributed by atoms with Gasteiger partial charge in [-0.25, -0.2) is 0 Å². The number of carbonyl (C=O) groups is 5. The van der Waals surface area contributed by atoms with Crippen molar-refractivity contribution in [1.82, 2.24) is 20.0 Å². The van der Waals surface area contributed by atoms with Crippen molar-refractivity contribution in [2.45, 2.75) is 177 Å². The number of hydrogen-bond acceptors (Lipinski definition) is 12. The molecule has 54 heavy (non-hydrogen) atoms. The molecule has 316 valence electrons. The van der Waals surface area contributed by atoms with Gasteiger partial charge in [0.1, 0.15) is 22.4 Å². The second kappa shape index (κ2) is 24.7. The Morgan fingerprint density at radius 1 is 0.481 bits per heavy atom. The number of esters is 4. The molecule has 0 spiro atoms. The van der Waals surface area contributed by atoms with Crippen molar-refractivity contribution in [3.05, 3.63) is 0 Å². The van der Waals surface area contributed by atoms with Crippen molar-refractivity contribution in [2.75, 3.05) is 58.9 Å². The summed E-state index contributed by atoms with van der Waals surface area (Å²) in [5.41, 5.74) is -2.86. The molecule has 13 heteroatoms. The molecule has 1 N–H and O–H groups in total. The highest BCUT2D eigenvalue weighted by molar-refractivity contribution is 5.81. The summed E-state index contributed by atoms with van der Waals surface area (Å²) in [5, 5.41) is 3.08. The number of nitrogens with one attached hydrogen (secondary N) is 1. The maximum Gasteiger partial charge on any atom is 0.320 e. The van der Waals surface area contributed by atoms with Crippen LogP contribution in [0, 0.1) is 0 Å². The van der Waals surface area contributed by atoms with Crippen LogP contribution in [0.15, 0.2) is 0 Å². The largest absolute Gasteiger partial charge is 0.459 e. The Labute approximate surface area is 327 Å². The van der Waals surface area contributed by atoms with E-state index in [1.807, 2.05) is 4.90 Å². The number of nitrogens with zero attached hydrogens (tertiary/aromatic N) is 3. The van der Waals surface area contributed by atoms with Gasteiger partial charge in [-0.2, -0.15) is 0 Å². The van der Waals surface area contributed by atoms with Crippen LogP contribution in [0.2, 0.25) is 0 Å². The first-order valence-electron chi connectivity index (χ1n) is 20.0. The van der Waals surface area contributed by atoms with Gasteiger partial charge < -0.3 is 24.3 Å². The molecule has 0 aliphatic rings. The van der Waals surface area contributed by atoms with Crippen LogP contribution in [0.25, 0.3) is 0 Å². The van der Waals surface area contributed by atoms with Crippen LogP contribution in [0.4, 0.5) is 0 Å². The van der Waals surface area contributed by atoms with Gasteiger partial charge in [-0.15, -0.1) is 0 Å². The molecule has 1 atom stereocenters. The Bertz CT molecular complexity index is 1010. The average Bonchev–Trinajstić information content (AvgIpc) is 2.95. The van der Waals surface area contributed by atoms with Crippen LogP contribution in [0.1, 0.15) is 148 Å². The molecule has 0 rings (SSSR count). The number of rotatable bonds is 25. The first-order valence-corrected chi connectivity index (χ1v) is 20.0. The summed E-state index contributed by atoms with van der Waals surface area (Å²) in [4.78, 5) is 70.4. The molecule has 0 saturated carbocycles. The Morgan fingerprint density at radius 2 is 0.778 bits per heavy atom. The van der Waals surface area contributed by atoms with Crippen molar-refractivity contribution in [3.8, 4) is 0 Å². The zero-order valence-electron chi connectivity index (χ0n) is 36.6.